The van der Waals surface area contributed by atoms with Crippen LogP contribution in [0.2, 0.25) is 5.15 Å². The number of aromatic nitrogens is 2. The van der Waals surface area contributed by atoms with E-state index in [0.717, 1.165) is 10.4 Å². The van der Waals surface area contributed by atoms with Crippen LogP contribution in [0.1, 0.15) is 22.6 Å². The van der Waals surface area contributed by atoms with Crippen molar-refractivity contribution in [2.75, 3.05) is 12.5 Å². The minimum absolute atomic E-state index is 0.0154. The lowest BCUT2D eigenvalue weighted by molar-refractivity contribution is 0.104. The van der Waals surface area contributed by atoms with Gasteiger partial charge in [0.25, 0.3) is 6.43 Å². The number of thioether (sulfide) groups is 2. The number of ketones is 1. The molecule has 0 bridgehead atoms. The van der Waals surface area contributed by atoms with Gasteiger partial charge in [0.2, 0.25) is 0 Å². The zero-order valence-corrected chi connectivity index (χ0v) is 11.9. The van der Waals surface area contributed by atoms with E-state index in [1.54, 1.807) is 0 Å². The normalized spacial score (nSPS) is 10.6. The van der Waals surface area contributed by atoms with Crippen molar-refractivity contribution in [3.8, 4) is 0 Å². The van der Waals surface area contributed by atoms with Crippen LogP contribution in [-0.2, 0) is 0 Å². The summed E-state index contributed by atoms with van der Waals surface area (Å²) in [5.74, 6) is -1.09. The third-order valence-corrected chi connectivity index (χ3v) is 4.20. The monoisotopic (exact) mass is 310 g/mol. The molecule has 98 valence electrons. The number of hydrogen-bond acceptors (Lipinski definition) is 5. The van der Waals surface area contributed by atoms with Gasteiger partial charge in [-0.25, -0.2) is 18.7 Å². The average Bonchev–Trinajstić information content (AvgIpc) is 2.35. The molecule has 8 heteroatoms. The van der Waals surface area contributed by atoms with Crippen LogP contribution in [0.4, 0.5) is 8.78 Å². The predicted molar refractivity (Wildman–Crippen MR) is 71.4 cm³/mol. The van der Waals surface area contributed by atoms with Crippen LogP contribution in [0.15, 0.2) is 16.5 Å². The molecule has 3 nitrogen and oxygen atoms in total. The highest BCUT2D eigenvalue weighted by molar-refractivity contribution is 8.21. The van der Waals surface area contributed by atoms with E-state index in [9.17, 15) is 13.6 Å². The second-order valence-corrected chi connectivity index (χ2v) is 5.28. The van der Waals surface area contributed by atoms with Gasteiger partial charge in [-0.15, -0.1) is 23.5 Å². The molecule has 18 heavy (non-hydrogen) atoms. The standard InChI is InChI=1S/C10H9ClF2N2OS2/c1-17-7(18-2)3-6(16)5-4-14-10(9(12)13)15-8(5)11/h3-4,9H,1-2H3. The van der Waals surface area contributed by atoms with Gasteiger partial charge in [0.15, 0.2) is 11.6 Å². The maximum Gasteiger partial charge on any atom is 0.297 e. The summed E-state index contributed by atoms with van der Waals surface area (Å²) in [6.07, 6.45) is 3.24. The average molecular weight is 311 g/mol. The minimum Gasteiger partial charge on any atom is -0.289 e. The fourth-order valence-corrected chi connectivity index (χ4v) is 2.37. The van der Waals surface area contributed by atoms with Crippen molar-refractivity contribution >= 4 is 40.9 Å². The Morgan fingerprint density at radius 3 is 2.50 bits per heavy atom. The Labute approximate surface area is 116 Å². The Bertz CT molecular complexity index is 477. The number of rotatable bonds is 5. The molecule has 0 spiro atoms. The van der Waals surface area contributed by atoms with Crippen molar-refractivity contribution in [1.82, 2.24) is 9.97 Å². The first-order valence-electron chi connectivity index (χ1n) is 4.64. The van der Waals surface area contributed by atoms with Crippen molar-refractivity contribution in [1.29, 1.82) is 0 Å². The van der Waals surface area contributed by atoms with Crippen LogP contribution in [-0.4, -0.2) is 28.3 Å². The van der Waals surface area contributed by atoms with E-state index in [-0.39, 0.29) is 10.7 Å². The predicted octanol–water partition coefficient (Wildman–Crippen LogP) is 3.82. The number of nitrogens with zero attached hydrogens (tertiary/aromatic N) is 2. The van der Waals surface area contributed by atoms with Crippen molar-refractivity contribution in [2.24, 2.45) is 0 Å². The molecular weight excluding hydrogens is 302 g/mol. The first-order valence-corrected chi connectivity index (χ1v) is 7.47. The molecule has 0 saturated carbocycles. The summed E-state index contributed by atoms with van der Waals surface area (Å²) in [4.78, 5) is 18.6. The van der Waals surface area contributed by atoms with E-state index in [1.807, 2.05) is 12.5 Å². The Morgan fingerprint density at radius 1 is 1.44 bits per heavy atom. The maximum atomic E-state index is 12.3. The van der Waals surface area contributed by atoms with Gasteiger partial charge < -0.3 is 0 Å². The number of halogens is 3. The van der Waals surface area contributed by atoms with E-state index in [4.69, 9.17) is 11.6 Å². The number of alkyl halides is 2. The highest BCUT2D eigenvalue weighted by Gasteiger charge is 2.16. The third-order valence-electron chi connectivity index (χ3n) is 1.87. The van der Waals surface area contributed by atoms with Crippen LogP contribution in [0, 0.1) is 0 Å². The number of carbonyl (C=O) groups excluding carboxylic acids is 1. The zero-order chi connectivity index (χ0) is 13.7. The molecule has 1 rings (SSSR count). The lowest BCUT2D eigenvalue weighted by Crippen LogP contribution is -2.03. The van der Waals surface area contributed by atoms with Gasteiger partial charge >= 0.3 is 0 Å². The highest BCUT2D eigenvalue weighted by Crippen LogP contribution is 2.25. The second kappa shape index (κ2) is 7.06. The van der Waals surface area contributed by atoms with Gasteiger partial charge in [0, 0.05) is 16.5 Å². The minimum atomic E-state index is -2.81. The van der Waals surface area contributed by atoms with Gasteiger partial charge in [-0.05, 0) is 12.5 Å². The molecule has 1 heterocycles. The molecule has 1 aromatic heterocycles. The maximum absolute atomic E-state index is 12.3. The summed E-state index contributed by atoms with van der Waals surface area (Å²) >= 11 is 8.50. The number of hydrogen-bond donors (Lipinski definition) is 0. The van der Waals surface area contributed by atoms with E-state index in [2.05, 4.69) is 9.97 Å². The van der Waals surface area contributed by atoms with Crippen LogP contribution in [0.3, 0.4) is 0 Å². The van der Waals surface area contributed by atoms with Gasteiger partial charge in [0.05, 0.1) is 5.56 Å². The molecule has 0 amide bonds. The van der Waals surface area contributed by atoms with Gasteiger partial charge in [-0.1, -0.05) is 11.6 Å². The molecule has 0 aliphatic rings. The Hall–Kier alpha value is -0.660. The summed E-state index contributed by atoms with van der Waals surface area (Å²) in [5.41, 5.74) is 0.0154. The van der Waals surface area contributed by atoms with Gasteiger partial charge in [-0.3, -0.25) is 4.79 Å². The summed E-state index contributed by atoms with van der Waals surface area (Å²) in [6.45, 7) is 0. The fraction of sp³-hybridized carbons (Fsp3) is 0.300. The SMILES string of the molecule is CSC(=CC(=O)c1cnc(C(F)F)nc1Cl)SC. The largest absolute Gasteiger partial charge is 0.297 e. The Balaban J connectivity index is 3.04. The van der Waals surface area contributed by atoms with Crippen molar-refractivity contribution in [2.45, 2.75) is 6.43 Å². The Morgan fingerprint density at radius 2 is 2.06 bits per heavy atom. The molecule has 0 aliphatic carbocycles. The molecule has 0 saturated heterocycles. The molecule has 1 aromatic rings. The van der Waals surface area contributed by atoms with Crippen molar-refractivity contribution in [3.63, 3.8) is 0 Å². The summed E-state index contributed by atoms with van der Waals surface area (Å²) in [5, 5.41) is -0.261. The number of carbonyl (C=O) groups is 1. The fourth-order valence-electron chi connectivity index (χ4n) is 1.03. The third kappa shape index (κ3) is 3.93. The molecule has 0 aromatic carbocycles. The van der Waals surface area contributed by atoms with Crippen LogP contribution in [0.5, 0.6) is 0 Å². The van der Waals surface area contributed by atoms with E-state index < -0.39 is 18.0 Å². The molecule has 0 aliphatic heterocycles. The van der Waals surface area contributed by atoms with Gasteiger partial charge in [-0.2, -0.15) is 0 Å². The molecule has 0 unspecified atom stereocenters. The van der Waals surface area contributed by atoms with E-state index in [1.165, 1.54) is 29.6 Å². The zero-order valence-electron chi connectivity index (χ0n) is 9.49. The van der Waals surface area contributed by atoms with Gasteiger partial charge in [0.1, 0.15) is 5.15 Å². The van der Waals surface area contributed by atoms with E-state index in [0.29, 0.717) is 0 Å². The second-order valence-electron chi connectivity index (χ2n) is 2.97. The summed E-state index contributed by atoms with van der Waals surface area (Å²) in [7, 11) is 0. The van der Waals surface area contributed by atoms with Crippen LogP contribution >= 0.6 is 35.1 Å². The van der Waals surface area contributed by atoms with Crippen molar-refractivity contribution < 1.29 is 13.6 Å². The highest BCUT2D eigenvalue weighted by atomic mass is 35.5. The van der Waals surface area contributed by atoms with Crippen molar-refractivity contribution in [3.05, 3.63) is 33.1 Å². The molecular formula is C10H9ClF2N2OS2. The quantitative estimate of drug-likeness (QED) is 0.470. The van der Waals surface area contributed by atoms with Crippen LogP contribution in [0.25, 0.3) is 0 Å². The molecule has 0 radical (unpaired) electrons. The van der Waals surface area contributed by atoms with Crippen LogP contribution < -0.4 is 0 Å². The number of allylic oxidation sites excluding steroid dienone is 1. The van der Waals surface area contributed by atoms with E-state index >= 15 is 0 Å². The summed E-state index contributed by atoms with van der Waals surface area (Å²) < 4.78 is 25.4. The lowest BCUT2D eigenvalue weighted by atomic mass is 10.2. The molecule has 0 atom stereocenters. The molecule has 0 N–H and O–H groups in total. The molecule has 0 fully saturated rings. The lowest BCUT2D eigenvalue weighted by Gasteiger charge is -2.03. The summed E-state index contributed by atoms with van der Waals surface area (Å²) in [6, 6.07) is 0. The first kappa shape index (κ1) is 15.4. The topological polar surface area (TPSA) is 42.9 Å². The first-order chi connectivity index (χ1) is 8.49. The smallest absolute Gasteiger partial charge is 0.289 e. The Kier molecular flexibility index (Phi) is 6.04.